The summed E-state index contributed by atoms with van der Waals surface area (Å²) in [5.74, 6) is -0.499. The first kappa shape index (κ1) is 10.1. The lowest BCUT2D eigenvalue weighted by molar-refractivity contribution is -0.170. The van der Waals surface area contributed by atoms with Gasteiger partial charge in [0.2, 0.25) is 0 Å². The molecule has 3 rings (SSSR count). The average molecular weight is 219 g/mol. The van der Waals surface area contributed by atoms with Crippen LogP contribution in [0, 0.1) is 0 Å². The van der Waals surface area contributed by atoms with Crippen LogP contribution >= 0.6 is 0 Å². The van der Waals surface area contributed by atoms with Crippen molar-refractivity contribution in [1.29, 1.82) is 0 Å². The summed E-state index contributed by atoms with van der Waals surface area (Å²) in [7, 11) is 0. The van der Waals surface area contributed by atoms with Crippen LogP contribution in [0.5, 0.6) is 0 Å². The van der Waals surface area contributed by atoms with Gasteiger partial charge in [0.25, 0.3) is 0 Å². The summed E-state index contributed by atoms with van der Waals surface area (Å²) in [6.45, 7) is 1.38. The third-order valence-corrected chi connectivity index (χ3v) is 3.50. The highest BCUT2D eigenvalue weighted by molar-refractivity contribution is 5.47. The molecule has 2 aliphatic rings. The molecule has 1 spiro atoms. The van der Waals surface area contributed by atoms with Gasteiger partial charge in [0.15, 0.2) is 5.79 Å². The van der Waals surface area contributed by atoms with Crippen molar-refractivity contribution in [2.75, 3.05) is 18.9 Å². The Kier molecular flexibility index (Phi) is 2.37. The monoisotopic (exact) mass is 219 g/mol. The van der Waals surface area contributed by atoms with E-state index in [1.54, 1.807) is 0 Å². The molecule has 86 valence electrons. The molecule has 3 heteroatoms. The molecule has 0 aromatic heterocycles. The Balaban J connectivity index is 2.11. The maximum atomic E-state index is 5.87. The van der Waals surface area contributed by atoms with Crippen LogP contribution in [0.25, 0.3) is 0 Å². The zero-order valence-electron chi connectivity index (χ0n) is 9.37. The molecule has 1 fully saturated rings. The van der Waals surface area contributed by atoms with E-state index < -0.39 is 5.79 Å². The van der Waals surface area contributed by atoms with Crippen LogP contribution in [0.15, 0.2) is 18.2 Å². The molecule has 0 amide bonds. The normalized spacial score (nSPS) is 23.0. The summed E-state index contributed by atoms with van der Waals surface area (Å²) in [4.78, 5) is 0. The number of hydrogen-bond acceptors (Lipinski definition) is 3. The number of benzene rings is 1. The van der Waals surface area contributed by atoms with Crippen molar-refractivity contribution >= 4 is 5.69 Å². The summed E-state index contributed by atoms with van der Waals surface area (Å²) < 4.78 is 11.7. The van der Waals surface area contributed by atoms with E-state index in [-0.39, 0.29) is 0 Å². The number of ether oxygens (including phenoxy) is 2. The second kappa shape index (κ2) is 3.75. The Morgan fingerprint density at radius 1 is 1.12 bits per heavy atom. The van der Waals surface area contributed by atoms with E-state index in [0.717, 1.165) is 30.5 Å². The summed E-state index contributed by atoms with van der Waals surface area (Å²) in [6.07, 6.45) is 4.40. The molecule has 1 aliphatic carbocycles. The van der Waals surface area contributed by atoms with Crippen molar-refractivity contribution in [3.8, 4) is 0 Å². The van der Waals surface area contributed by atoms with Gasteiger partial charge in [0.05, 0.1) is 13.2 Å². The van der Waals surface area contributed by atoms with Crippen LogP contribution in [0.2, 0.25) is 0 Å². The minimum absolute atomic E-state index is 0.499. The summed E-state index contributed by atoms with van der Waals surface area (Å²) in [6, 6.07) is 6.10. The Bertz CT molecular complexity index is 397. The van der Waals surface area contributed by atoms with Crippen molar-refractivity contribution in [2.24, 2.45) is 0 Å². The van der Waals surface area contributed by atoms with Crippen molar-refractivity contribution < 1.29 is 9.47 Å². The molecule has 1 heterocycles. The highest BCUT2D eigenvalue weighted by Gasteiger charge is 2.40. The largest absolute Gasteiger partial charge is 0.399 e. The van der Waals surface area contributed by atoms with E-state index >= 15 is 0 Å². The van der Waals surface area contributed by atoms with Crippen LogP contribution in [0.4, 0.5) is 5.69 Å². The number of fused-ring (bicyclic) bond motifs is 2. The quantitative estimate of drug-likeness (QED) is 0.680. The van der Waals surface area contributed by atoms with E-state index in [1.165, 1.54) is 12.0 Å². The molecule has 0 bridgehead atoms. The van der Waals surface area contributed by atoms with Gasteiger partial charge in [-0.2, -0.15) is 0 Å². The molecule has 1 aromatic carbocycles. The maximum absolute atomic E-state index is 5.87. The zero-order valence-corrected chi connectivity index (χ0v) is 9.37. The molecule has 3 nitrogen and oxygen atoms in total. The van der Waals surface area contributed by atoms with Crippen molar-refractivity contribution in [1.82, 2.24) is 0 Å². The molecule has 0 atom stereocenters. The molecule has 16 heavy (non-hydrogen) atoms. The van der Waals surface area contributed by atoms with Gasteiger partial charge in [-0.05, 0) is 37.0 Å². The molecular formula is C13H17NO2. The standard InChI is InChI=1S/C13H17NO2/c14-11-5-4-10-3-1-2-6-13(12(10)9-11)15-7-8-16-13/h4-5,9H,1-3,6-8,14H2. The molecule has 0 saturated carbocycles. The van der Waals surface area contributed by atoms with E-state index in [0.29, 0.717) is 13.2 Å². The minimum Gasteiger partial charge on any atom is -0.399 e. The summed E-state index contributed by atoms with van der Waals surface area (Å²) in [5.41, 5.74) is 9.15. The number of nitrogen functional groups attached to an aromatic ring is 1. The highest BCUT2D eigenvalue weighted by atomic mass is 16.7. The predicted octanol–water partition coefficient (Wildman–Crippen LogP) is 2.19. The van der Waals surface area contributed by atoms with Gasteiger partial charge in [-0.3, -0.25) is 0 Å². The fraction of sp³-hybridized carbons (Fsp3) is 0.538. The van der Waals surface area contributed by atoms with Crippen molar-refractivity contribution in [3.05, 3.63) is 29.3 Å². The summed E-state index contributed by atoms with van der Waals surface area (Å²) in [5, 5.41) is 0. The lowest BCUT2D eigenvalue weighted by Gasteiger charge is -2.28. The van der Waals surface area contributed by atoms with Crippen LogP contribution in [-0.2, 0) is 21.7 Å². The van der Waals surface area contributed by atoms with Gasteiger partial charge in [0, 0.05) is 17.7 Å². The van der Waals surface area contributed by atoms with Gasteiger partial charge >= 0.3 is 0 Å². The van der Waals surface area contributed by atoms with Crippen molar-refractivity contribution in [3.63, 3.8) is 0 Å². The fourth-order valence-electron chi connectivity index (χ4n) is 2.73. The Morgan fingerprint density at radius 2 is 1.94 bits per heavy atom. The number of rotatable bonds is 0. The lowest BCUT2D eigenvalue weighted by atomic mass is 9.97. The van der Waals surface area contributed by atoms with Crippen LogP contribution in [-0.4, -0.2) is 13.2 Å². The number of anilines is 1. The zero-order chi connectivity index (χ0) is 11.0. The highest BCUT2D eigenvalue weighted by Crippen LogP contribution is 2.41. The molecule has 2 N–H and O–H groups in total. The van der Waals surface area contributed by atoms with Gasteiger partial charge in [-0.15, -0.1) is 0 Å². The van der Waals surface area contributed by atoms with E-state index in [1.807, 2.05) is 12.1 Å². The first-order chi connectivity index (χ1) is 7.80. The molecule has 1 saturated heterocycles. The number of aryl methyl sites for hydroxylation is 1. The van der Waals surface area contributed by atoms with Crippen LogP contribution < -0.4 is 5.73 Å². The predicted molar refractivity (Wildman–Crippen MR) is 62.0 cm³/mol. The molecule has 1 aliphatic heterocycles. The van der Waals surface area contributed by atoms with Gasteiger partial charge in [-0.25, -0.2) is 0 Å². The third kappa shape index (κ3) is 1.51. The maximum Gasteiger partial charge on any atom is 0.195 e. The van der Waals surface area contributed by atoms with Crippen molar-refractivity contribution in [2.45, 2.75) is 31.5 Å². The second-order valence-corrected chi connectivity index (χ2v) is 4.57. The third-order valence-electron chi connectivity index (χ3n) is 3.50. The topological polar surface area (TPSA) is 44.5 Å². The van der Waals surface area contributed by atoms with E-state index in [2.05, 4.69) is 6.07 Å². The molecule has 0 radical (unpaired) electrons. The van der Waals surface area contributed by atoms with Gasteiger partial charge < -0.3 is 15.2 Å². The first-order valence-electron chi connectivity index (χ1n) is 5.97. The average Bonchev–Trinajstić information content (AvgIpc) is 2.68. The first-order valence-corrected chi connectivity index (χ1v) is 5.97. The number of nitrogens with two attached hydrogens (primary N) is 1. The van der Waals surface area contributed by atoms with E-state index in [4.69, 9.17) is 15.2 Å². The van der Waals surface area contributed by atoms with Gasteiger partial charge in [0.1, 0.15) is 0 Å². The Hall–Kier alpha value is -1.06. The lowest BCUT2D eigenvalue weighted by Crippen LogP contribution is -2.27. The smallest absolute Gasteiger partial charge is 0.195 e. The van der Waals surface area contributed by atoms with Gasteiger partial charge in [-0.1, -0.05) is 6.07 Å². The second-order valence-electron chi connectivity index (χ2n) is 4.57. The minimum atomic E-state index is -0.499. The van der Waals surface area contributed by atoms with E-state index in [9.17, 15) is 0 Å². The van der Waals surface area contributed by atoms with Crippen LogP contribution in [0.3, 0.4) is 0 Å². The Morgan fingerprint density at radius 3 is 2.75 bits per heavy atom. The molecular weight excluding hydrogens is 202 g/mol. The molecule has 1 aromatic rings. The number of hydrogen-bond donors (Lipinski definition) is 1. The van der Waals surface area contributed by atoms with Crippen LogP contribution in [0.1, 0.15) is 30.4 Å². The molecule has 0 unspecified atom stereocenters. The Labute approximate surface area is 95.5 Å². The summed E-state index contributed by atoms with van der Waals surface area (Å²) >= 11 is 0. The SMILES string of the molecule is Nc1ccc2c(c1)C1(CCCC2)OCCO1. The fourth-order valence-corrected chi connectivity index (χ4v) is 2.73.